The highest BCUT2D eigenvalue weighted by Gasteiger charge is 2.13. The highest BCUT2D eigenvalue weighted by atomic mass is 32.1. The molecule has 1 aliphatic rings. The van der Waals surface area contributed by atoms with Crippen molar-refractivity contribution < 1.29 is 0 Å². The summed E-state index contributed by atoms with van der Waals surface area (Å²) < 4.78 is 0. The van der Waals surface area contributed by atoms with Crippen molar-refractivity contribution in [3.05, 3.63) is 15.6 Å². The Morgan fingerprint density at radius 3 is 2.47 bits per heavy atom. The lowest BCUT2D eigenvalue weighted by Gasteiger charge is -2.21. The van der Waals surface area contributed by atoms with Gasteiger partial charge in [0.1, 0.15) is 0 Å². The lowest BCUT2D eigenvalue weighted by molar-refractivity contribution is 0.280. The van der Waals surface area contributed by atoms with E-state index in [0.717, 1.165) is 6.54 Å². The Morgan fingerprint density at radius 2 is 1.89 bits per heavy atom. The fourth-order valence-corrected chi connectivity index (χ4v) is 3.79. The van der Waals surface area contributed by atoms with E-state index in [-0.39, 0.29) is 0 Å². The fourth-order valence-electron chi connectivity index (χ4n) is 2.84. The molecule has 0 radical (unpaired) electrons. The second kappa shape index (κ2) is 7.36. The minimum atomic E-state index is 0.429. The third kappa shape index (κ3) is 4.55. The molecule has 2 heterocycles. The number of hydrogen-bond donors (Lipinski definition) is 1. The van der Waals surface area contributed by atoms with E-state index in [1.165, 1.54) is 60.9 Å². The van der Waals surface area contributed by atoms with E-state index in [9.17, 15) is 0 Å². The van der Waals surface area contributed by atoms with Crippen LogP contribution in [0.4, 0.5) is 0 Å². The second-order valence-electron chi connectivity index (χ2n) is 5.61. The van der Waals surface area contributed by atoms with Crippen LogP contribution in [-0.4, -0.2) is 36.1 Å². The summed E-state index contributed by atoms with van der Waals surface area (Å²) in [6.07, 6.45) is 5.59. The molecule has 1 aromatic rings. The summed E-state index contributed by atoms with van der Waals surface area (Å²) in [6.45, 7) is 11.3. The molecular formula is C15H27N3S. The van der Waals surface area contributed by atoms with E-state index < -0.39 is 0 Å². The number of aromatic nitrogens is 1. The molecule has 2 rings (SSSR count). The van der Waals surface area contributed by atoms with Crippen LogP contribution in [0.2, 0.25) is 0 Å². The van der Waals surface area contributed by atoms with Crippen LogP contribution in [0.15, 0.2) is 0 Å². The summed E-state index contributed by atoms with van der Waals surface area (Å²) in [5.41, 5.74) is 1.19. The first-order chi connectivity index (χ1) is 9.16. The Hall–Kier alpha value is -0.450. The number of likely N-dealkylation sites (tertiary alicyclic amines) is 1. The summed E-state index contributed by atoms with van der Waals surface area (Å²) in [7, 11) is 0. The van der Waals surface area contributed by atoms with Gasteiger partial charge in [-0.15, -0.1) is 11.3 Å². The molecule has 1 fully saturated rings. The van der Waals surface area contributed by atoms with Gasteiger partial charge >= 0.3 is 0 Å². The van der Waals surface area contributed by atoms with Gasteiger partial charge in [-0.25, -0.2) is 4.98 Å². The molecule has 0 aromatic carbocycles. The molecule has 4 heteroatoms. The number of aryl methyl sites for hydroxylation is 2. The Kier molecular flexibility index (Phi) is 5.79. The zero-order valence-electron chi connectivity index (χ0n) is 12.5. The molecule has 0 spiro atoms. The van der Waals surface area contributed by atoms with E-state index in [2.05, 4.69) is 36.0 Å². The third-order valence-electron chi connectivity index (χ3n) is 3.91. The van der Waals surface area contributed by atoms with Crippen LogP contribution in [0, 0.1) is 13.8 Å². The fraction of sp³-hybridized carbons (Fsp3) is 0.800. The summed E-state index contributed by atoms with van der Waals surface area (Å²) in [6, 6.07) is 0.429. The summed E-state index contributed by atoms with van der Waals surface area (Å²) in [4.78, 5) is 8.52. The Bertz CT molecular complexity index is 381. The molecule has 19 heavy (non-hydrogen) atoms. The van der Waals surface area contributed by atoms with E-state index in [1.54, 1.807) is 0 Å². The maximum atomic E-state index is 4.51. The molecule has 0 bridgehead atoms. The summed E-state index contributed by atoms with van der Waals surface area (Å²) in [5.74, 6) is 0. The lowest BCUT2D eigenvalue weighted by atomic mass is 10.2. The minimum absolute atomic E-state index is 0.429. The van der Waals surface area contributed by atoms with Gasteiger partial charge in [-0.05, 0) is 46.7 Å². The van der Waals surface area contributed by atoms with Gasteiger partial charge in [0.2, 0.25) is 0 Å². The highest BCUT2D eigenvalue weighted by molar-refractivity contribution is 7.11. The van der Waals surface area contributed by atoms with Crippen LogP contribution in [0.25, 0.3) is 0 Å². The van der Waals surface area contributed by atoms with Crippen molar-refractivity contribution in [1.82, 2.24) is 15.2 Å². The number of nitrogens with zero attached hydrogens (tertiary/aromatic N) is 2. The van der Waals surface area contributed by atoms with Crippen molar-refractivity contribution in [2.75, 3.05) is 26.2 Å². The molecule has 1 aliphatic heterocycles. The Balaban J connectivity index is 1.74. The highest BCUT2D eigenvalue weighted by Crippen LogP contribution is 2.24. The number of rotatable bonds is 5. The average molecular weight is 281 g/mol. The van der Waals surface area contributed by atoms with Crippen molar-refractivity contribution in [3.63, 3.8) is 0 Å². The van der Waals surface area contributed by atoms with Gasteiger partial charge in [0.05, 0.1) is 10.7 Å². The molecular weight excluding hydrogens is 254 g/mol. The van der Waals surface area contributed by atoms with Gasteiger partial charge in [0, 0.05) is 24.0 Å². The average Bonchev–Trinajstić information content (AvgIpc) is 2.58. The summed E-state index contributed by atoms with van der Waals surface area (Å²) in [5, 5.41) is 4.82. The number of nitrogens with one attached hydrogen (secondary N) is 1. The van der Waals surface area contributed by atoms with Crippen molar-refractivity contribution >= 4 is 11.3 Å². The van der Waals surface area contributed by atoms with Crippen molar-refractivity contribution in [2.45, 2.75) is 52.5 Å². The van der Waals surface area contributed by atoms with Crippen LogP contribution in [0.1, 0.15) is 54.2 Å². The second-order valence-corrected chi connectivity index (χ2v) is 6.85. The van der Waals surface area contributed by atoms with Gasteiger partial charge in [-0.2, -0.15) is 0 Å². The zero-order chi connectivity index (χ0) is 13.7. The monoisotopic (exact) mass is 281 g/mol. The first-order valence-corrected chi connectivity index (χ1v) is 8.38. The number of thiazole rings is 1. The molecule has 0 amide bonds. The van der Waals surface area contributed by atoms with Crippen molar-refractivity contribution in [3.8, 4) is 0 Å². The molecule has 108 valence electrons. The van der Waals surface area contributed by atoms with E-state index in [0.29, 0.717) is 6.04 Å². The third-order valence-corrected chi connectivity index (χ3v) is 5.17. The number of hydrogen-bond acceptors (Lipinski definition) is 4. The SMILES string of the molecule is Cc1nc(C)c(C(C)NCCN2CCCCCC2)s1. The van der Waals surface area contributed by atoms with Gasteiger partial charge in [0.25, 0.3) is 0 Å². The molecule has 1 aromatic heterocycles. The van der Waals surface area contributed by atoms with Crippen LogP contribution in [-0.2, 0) is 0 Å². The van der Waals surface area contributed by atoms with Crippen LogP contribution in [0.5, 0.6) is 0 Å². The lowest BCUT2D eigenvalue weighted by Crippen LogP contribution is -2.33. The largest absolute Gasteiger partial charge is 0.308 e. The first-order valence-electron chi connectivity index (χ1n) is 7.56. The van der Waals surface area contributed by atoms with Crippen LogP contribution >= 0.6 is 11.3 Å². The Labute approximate surface area is 121 Å². The molecule has 1 atom stereocenters. The minimum Gasteiger partial charge on any atom is -0.308 e. The standard InChI is InChI=1S/C15H27N3S/c1-12(15-13(2)17-14(3)19-15)16-8-11-18-9-6-4-5-7-10-18/h12,16H,4-11H2,1-3H3. The predicted molar refractivity (Wildman–Crippen MR) is 82.9 cm³/mol. The summed E-state index contributed by atoms with van der Waals surface area (Å²) >= 11 is 1.82. The zero-order valence-corrected chi connectivity index (χ0v) is 13.4. The molecule has 1 N–H and O–H groups in total. The smallest absolute Gasteiger partial charge is 0.0900 e. The van der Waals surface area contributed by atoms with E-state index in [4.69, 9.17) is 0 Å². The first kappa shape index (κ1) is 14.9. The van der Waals surface area contributed by atoms with Crippen LogP contribution < -0.4 is 5.32 Å². The van der Waals surface area contributed by atoms with Gasteiger partial charge in [-0.3, -0.25) is 0 Å². The van der Waals surface area contributed by atoms with E-state index in [1.807, 2.05) is 11.3 Å². The molecule has 0 saturated carbocycles. The van der Waals surface area contributed by atoms with Gasteiger partial charge in [0.15, 0.2) is 0 Å². The normalized spacial score (nSPS) is 19.3. The van der Waals surface area contributed by atoms with Gasteiger partial charge in [-0.1, -0.05) is 12.8 Å². The van der Waals surface area contributed by atoms with E-state index >= 15 is 0 Å². The van der Waals surface area contributed by atoms with Crippen molar-refractivity contribution in [2.24, 2.45) is 0 Å². The quantitative estimate of drug-likeness (QED) is 0.897. The topological polar surface area (TPSA) is 28.2 Å². The maximum absolute atomic E-state index is 4.51. The molecule has 1 unspecified atom stereocenters. The molecule has 1 saturated heterocycles. The molecule has 0 aliphatic carbocycles. The van der Waals surface area contributed by atoms with Gasteiger partial charge < -0.3 is 10.2 Å². The predicted octanol–water partition coefficient (Wildman–Crippen LogP) is 3.29. The molecule has 3 nitrogen and oxygen atoms in total. The van der Waals surface area contributed by atoms with Crippen LogP contribution in [0.3, 0.4) is 0 Å². The maximum Gasteiger partial charge on any atom is 0.0900 e. The Morgan fingerprint density at radius 1 is 1.21 bits per heavy atom. The van der Waals surface area contributed by atoms with Crippen molar-refractivity contribution in [1.29, 1.82) is 0 Å².